The van der Waals surface area contributed by atoms with Crippen molar-refractivity contribution in [2.24, 2.45) is 5.92 Å². The van der Waals surface area contributed by atoms with Crippen LogP contribution in [-0.4, -0.2) is 5.11 Å². The standard InChI is InChI=1S/C15H22O/c1-12(2)11-15(16)10-6-5-8-13-7-3-4-9-14(13)15/h3-4,7,9,12,16H,5-6,8,10-11H2,1-2H3. The van der Waals surface area contributed by atoms with E-state index in [-0.39, 0.29) is 0 Å². The van der Waals surface area contributed by atoms with Gasteiger partial charge in [-0.3, -0.25) is 0 Å². The van der Waals surface area contributed by atoms with Gasteiger partial charge in [0.15, 0.2) is 0 Å². The van der Waals surface area contributed by atoms with E-state index in [9.17, 15) is 5.11 Å². The molecule has 0 saturated carbocycles. The highest BCUT2D eigenvalue weighted by Crippen LogP contribution is 2.38. The van der Waals surface area contributed by atoms with Crippen LogP contribution in [0, 0.1) is 5.92 Å². The molecule has 0 bridgehead atoms. The average molecular weight is 218 g/mol. The van der Waals surface area contributed by atoms with Crippen LogP contribution in [0.2, 0.25) is 0 Å². The number of benzene rings is 1. The molecule has 1 heteroatoms. The molecule has 1 atom stereocenters. The smallest absolute Gasteiger partial charge is 0.0901 e. The van der Waals surface area contributed by atoms with E-state index in [0.29, 0.717) is 5.92 Å². The second-order valence-electron chi connectivity index (χ2n) is 5.49. The molecule has 0 aromatic heterocycles. The van der Waals surface area contributed by atoms with Crippen LogP contribution in [0.25, 0.3) is 0 Å². The minimum atomic E-state index is -0.582. The Hall–Kier alpha value is -0.820. The summed E-state index contributed by atoms with van der Waals surface area (Å²) in [5.41, 5.74) is 1.95. The third kappa shape index (κ3) is 2.30. The van der Waals surface area contributed by atoms with Crippen molar-refractivity contribution in [3.8, 4) is 0 Å². The largest absolute Gasteiger partial charge is 0.385 e. The van der Waals surface area contributed by atoms with Gasteiger partial charge in [-0.05, 0) is 49.1 Å². The van der Waals surface area contributed by atoms with Gasteiger partial charge in [-0.15, -0.1) is 0 Å². The first kappa shape index (κ1) is 11.7. The van der Waals surface area contributed by atoms with Crippen molar-refractivity contribution in [1.29, 1.82) is 0 Å². The molecular formula is C15H22O. The summed E-state index contributed by atoms with van der Waals surface area (Å²) in [4.78, 5) is 0. The van der Waals surface area contributed by atoms with Crippen LogP contribution in [-0.2, 0) is 12.0 Å². The average Bonchev–Trinajstić information content (AvgIpc) is 2.38. The predicted octanol–water partition coefficient (Wildman–Crippen LogP) is 3.65. The molecule has 2 rings (SSSR count). The minimum Gasteiger partial charge on any atom is -0.385 e. The Balaban J connectivity index is 2.38. The SMILES string of the molecule is CC(C)CC1(O)CCCCc2ccccc21. The van der Waals surface area contributed by atoms with E-state index < -0.39 is 5.60 Å². The highest BCUT2D eigenvalue weighted by Gasteiger charge is 2.33. The van der Waals surface area contributed by atoms with E-state index in [2.05, 4.69) is 38.1 Å². The maximum absolute atomic E-state index is 10.9. The monoisotopic (exact) mass is 218 g/mol. The van der Waals surface area contributed by atoms with Gasteiger partial charge in [0.25, 0.3) is 0 Å². The Morgan fingerprint density at radius 3 is 2.75 bits per heavy atom. The number of aliphatic hydroxyl groups is 1. The van der Waals surface area contributed by atoms with Crippen LogP contribution in [0.5, 0.6) is 0 Å². The summed E-state index contributed by atoms with van der Waals surface area (Å²) in [6, 6.07) is 8.42. The molecular weight excluding hydrogens is 196 g/mol. The lowest BCUT2D eigenvalue weighted by molar-refractivity contribution is 0.00625. The molecule has 1 nitrogen and oxygen atoms in total. The zero-order valence-corrected chi connectivity index (χ0v) is 10.4. The molecule has 1 unspecified atom stereocenters. The predicted molar refractivity (Wildman–Crippen MR) is 67.3 cm³/mol. The fraction of sp³-hybridized carbons (Fsp3) is 0.600. The fourth-order valence-electron chi connectivity index (χ4n) is 2.95. The van der Waals surface area contributed by atoms with E-state index in [1.807, 2.05) is 0 Å². The van der Waals surface area contributed by atoms with Crippen molar-refractivity contribution in [3.05, 3.63) is 35.4 Å². The summed E-state index contributed by atoms with van der Waals surface area (Å²) in [5.74, 6) is 0.538. The van der Waals surface area contributed by atoms with Crippen LogP contribution < -0.4 is 0 Å². The number of aryl methyl sites for hydroxylation is 1. The number of hydrogen-bond donors (Lipinski definition) is 1. The third-order valence-electron chi connectivity index (χ3n) is 3.55. The quantitative estimate of drug-likeness (QED) is 0.751. The number of rotatable bonds is 2. The highest BCUT2D eigenvalue weighted by atomic mass is 16.3. The first-order chi connectivity index (χ1) is 7.62. The second kappa shape index (κ2) is 4.58. The van der Waals surface area contributed by atoms with Crippen molar-refractivity contribution in [2.75, 3.05) is 0 Å². The Morgan fingerprint density at radius 2 is 2.00 bits per heavy atom. The van der Waals surface area contributed by atoms with Crippen molar-refractivity contribution < 1.29 is 5.11 Å². The Labute approximate surface area is 98.5 Å². The Kier molecular flexibility index (Phi) is 3.34. The van der Waals surface area contributed by atoms with Gasteiger partial charge >= 0.3 is 0 Å². The van der Waals surface area contributed by atoms with Crippen molar-refractivity contribution in [2.45, 2.75) is 51.6 Å². The topological polar surface area (TPSA) is 20.2 Å². The van der Waals surface area contributed by atoms with Gasteiger partial charge in [0, 0.05) is 0 Å². The van der Waals surface area contributed by atoms with Gasteiger partial charge in [0.1, 0.15) is 0 Å². The van der Waals surface area contributed by atoms with Gasteiger partial charge in [-0.1, -0.05) is 38.1 Å². The maximum Gasteiger partial charge on any atom is 0.0901 e. The molecule has 0 spiro atoms. The second-order valence-corrected chi connectivity index (χ2v) is 5.49. The van der Waals surface area contributed by atoms with Gasteiger partial charge in [0.05, 0.1) is 5.60 Å². The van der Waals surface area contributed by atoms with Crippen molar-refractivity contribution >= 4 is 0 Å². The van der Waals surface area contributed by atoms with Crippen LogP contribution >= 0.6 is 0 Å². The maximum atomic E-state index is 10.9. The van der Waals surface area contributed by atoms with Crippen LogP contribution in [0.4, 0.5) is 0 Å². The summed E-state index contributed by atoms with van der Waals surface area (Å²) >= 11 is 0. The van der Waals surface area contributed by atoms with E-state index in [0.717, 1.165) is 25.7 Å². The molecule has 0 saturated heterocycles. The molecule has 1 N–H and O–H groups in total. The first-order valence-corrected chi connectivity index (χ1v) is 6.42. The first-order valence-electron chi connectivity index (χ1n) is 6.42. The van der Waals surface area contributed by atoms with E-state index >= 15 is 0 Å². The third-order valence-corrected chi connectivity index (χ3v) is 3.55. The summed E-state index contributed by atoms with van der Waals surface area (Å²) < 4.78 is 0. The van der Waals surface area contributed by atoms with Gasteiger partial charge in [0.2, 0.25) is 0 Å². The zero-order valence-electron chi connectivity index (χ0n) is 10.4. The number of hydrogen-bond acceptors (Lipinski definition) is 1. The summed E-state index contributed by atoms with van der Waals surface area (Å²) in [7, 11) is 0. The minimum absolute atomic E-state index is 0.538. The molecule has 0 fully saturated rings. The summed E-state index contributed by atoms with van der Waals surface area (Å²) in [5, 5.41) is 10.9. The van der Waals surface area contributed by atoms with E-state index in [1.54, 1.807) is 0 Å². The van der Waals surface area contributed by atoms with Crippen LogP contribution in [0.15, 0.2) is 24.3 Å². The summed E-state index contributed by atoms with van der Waals surface area (Å²) in [6.45, 7) is 4.37. The Morgan fingerprint density at radius 1 is 1.25 bits per heavy atom. The molecule has 0 heterocycles. The molecule has 1 aromatic carbocycles. The van der Waals surface area contributed by atoms with Gasteiger partial charge in [-0.2, -0.15) is 0 Å². The fourth-order valence-corrected chi connectivity index (χ4v) is 2.95. The van der Waals surface area contributed by atoms with Crippen LogP contribution in [0.3, 0.4) is 0 Å². The molecule has 88 valence electrons. The molecule has 0 radical (unpaired) electrons. The molecule has 1 aliphatic rings. The lowest BCUT2D eigenvalue weighted by Crippen LogP contribution is -2.27. The lowest BCUT2D eigenvalue weighted by Gasteiger charge is -2.30. The van der Waals surface area contributed by atoms with Crippen LogP contribution in [0.1, 0.15) is 50.7 Å². The molecule has 1 aromatic rings. The highest BCUT2D eigenvalue weighted by molar-refractivity contribution is 5.33. The molecule has 0 aliphatic heterocycles. The Bertz CT molecular complexity index is 356. The molecule has 16 heavy (non-hydrogen) atoms. The van der Waals surface area contributed by atoms with E-state index in [4.69, 9.17) is 0 Å². The molecule has 1 aliphatic carbocycles. The lowest BCUT2D eigenvalue weighted by atomic mass is 9.81. The normalized spacial score (nSPS) is 25.2. The van der Waals surface area contributed by atoms with Gasteiger partial charge in [-0.25, -0.2) is 0 Å². The van der Waals surface area contributed by atoms with Gasteiger partial charge < -0.3 is 5.11 Å². The summed E-state index contributed by atoms with van der Waals surface area (Å²) in [6.07, 6.45) is 5.26. The van der Waals surface area contributed by atoms with Crippen molar-refractivity contribution in [3.63, 3.8) is 0 Å². The zero-order chi connectivity index (χ0) is 11.6. The van der Waals surface area contributed by atoms with E-state index in [1.165, 1.54) is 17.5 Å². The number of fused-ring (bicyclic) bond motifs is 1. The molecule has 0 amide bonds. The van der Waals surface area contributed by atoms with Crippen molar-refractivity contribution in [1.82, 2.24) is 0 Å².